The average Bonchev–Trinajstić information content (AvgIpc) is 2.73. The fourth-order valence-electron chi connectivity index (χ4n) is 0.993. The van der Waals surface area contributed by atoms with E-state index in [9.17, 15) is 0 Å². The van der Waals surface area contributed by atoms with Gasteiger partial charge < -0.3 is 4.42 Å². The van der Waals surface area contributed by atoms with Gasteiger partial charge in [0.1, 0.15) is 0 Å². The van der Waals surface area contributed by atoms with Crippen molar-refractivity contribution in [1.82, 2.24) is 20.0 Å². The number of aromatic nitrogens is 4. The smallest absolute Gasteiger partial charge is 0.343 e. The molecule has 0 atom stereocenters. The highest BCUT2D eigenvalue weighted by Gasteiger charge is 2.21. The van der Waals surface area contributed by atoms with Crippen LogP contribution in [0.25, 0.3) is 6.01 Å². The van der Waals surface area contributed by atoms with E-state index in [0.29, 0.717) is 11.9 Å². The first-order chi connectivity index (χ1) is 6.57. The van der Waals surface area contributed by atoms with Gasteiger partial charge in [0, 0.05) is 17.8 Å². The lowest BCUT2D eigenvalue weighted by atomic mass is 9.97. The highest BCUT2D eigenvalue weighted by molar-refractivity contribution is 5.05. The molecule has 0 saturated carbocycles. The summed E-state index contributed by atoms with van der Waals surface area (Å²) in [6, 6.07) is 2.21. The molecular formula is C9H12N4O. The second-order valence-electron chi connectivity index (χ2n) is 4.09. The third-order valence-electron chi connectivity index (χ3n) is 1.76. The largest absolute Gasteiger partial charge is 0.406 e. The number of nitrogens with zero attached hydrogens (tertiary/aromatic N) is 4. The van der Waals surface area contributed by atoms with Gasteiger partial charge in [-0.1, -0.05) is 25.9 Å². The first-order valence-electron chi connectivity index (χ1n) is 4.41. The maximum absolute atomic E-state index is 5.47. The predicted molar refractivity (Wildman–Crippen MR) is 50.1 cm³/mol. The summed E-state index contributed by atoms with van der Waals surface area (Å²) in [4.78, 5) is 0. The number of rotatable bonds is 1. The molecule has 2 aromatic heterocycles. The summed E-state index contributed by atoms with van der Waals surface area (Å²) in [5, 5.41) is 11.9. The Labute approximate surface area is 81.8 Å². The Kier molecular flexibility index (Phi) is 1.87. The molecule has 0 spiro atoms. The van der Waals surface area contributed by atoms with Crippen molar-refractivity contribution in [3.05, 3.63) is 24.4 Å². The van der Waals surface area contributed by atoms with Gasteiger partial charge in [-0.2, -0.15) is 9.78 Å². The topological polar surface area (TPSA) is 56.7 Å². The van der Waals surface area contributed by atoms with Crippen molar-refractivity contribution in [2.75, 3.05) is 0 Å². The average molecular weight is 192 g/mol. The van der Waals surface area contributed by atoms with Crippen molar-refractivity contribution in [1.29, 1.82) is 0 Å². The van der Waals surface area contributed by atoms with E-state index in [1.54, 1.807) is 23.1 Å². The van der Waals surface area contributed by atoms with E-state index >= 15 is 0 Å². The lowest BCUT2D eigenvalue weighted by Gasteiger charge is -2.10. The van der Waals surface area contributed by atoms with Crippen molar-refractivity contribution in [3.8, 4) is 6.01 Å². The molecule has 14 heavy (non-hydrogen) atoms. The molecule has 0 aliphatic rings. The van der Waals surface area contributed by atoms with Crippen LogP contribution in [0.2, 0.25) is 0 Å². The Morgan fingerprint density at radius 3 is 2.57 bits per heavy atom. The highest BCUT2D eigenvalue weighted by Crippen LogP contribution is 2.21. The Bertz CT molecular complexity index is 410. The minimum absolute atomic E-state index is 0.127. The van der Waals surface area contributed by atoms with Gasteiger partial charge in [0.15, 0.2) is 0 Å². The van der Waals surface area contributed by atoms with Crippen LogP contribution < -0.4 is 0 Å². The van der Waals surface area contributed by atoms with Gasteiger partial charge in [-0.05, 0) is 6.07 Å². The molecule has 0 aliphatic carbocycles. The molecule has 74 valence electrons. The van der Waals surface area contributed by atoms with Gasteiger partial charge in [0.25, 0.3) is 0 Å². The van der Waals surface area contributed by atoms with E-state index in [2.05, 4.69) is 15.3 Å². The van der Waals surface area contributed by atoms with Gasteiger partial charge >= 0.3 is 6.01 Å². The Morgan fingerprint density at radius 1 is 1.29 bits per heavy atom. The first kappa shape index (κ1) is 8.93. The van der Waals surface area contributed by atoms with Crippen molar-refractivity contribution in [2.45, 2.75) is 26.2 Å². The zero-order valence-corrected chi connectivity index (χ0v) is 8.43. The quantitative estimate of drug-likeness (QED) is 0.687. The van der Waals surface area contributed by atoms with E-state index in [0.717, 1.165) is 0 Å². The van der Waals surface area contributed by atoms with Crippen LogP contribution in [-0.4, -0.2) is 20.0 Å². The molecule has 0 unspecified atom stereocenters. The number of hydrogen-bond donors (Lipinski definition) is 0. The van der Waals surface area contributed by atoms with Crippen LogP contribution in [0.3, 0.4) is 0 Å². The molecule has 0 radical (unpaired) electrons. The predicted octanol–water partition coefficient (Wildman–Crippen LogP) is 1.55. The summed E-state index contributed by atoms with van der Waals surface area (Å²) in [5.41, 5.74) is -0.127. The SMILES string of the molecule is CC(C)(C)c1nnc(-n2cccn2)o1. The Balaban J connectivity index is 2.36. The van der Waals surface area contributed by atoms with Crippen LogP contribution in [0.5, 0.6) is 0 Å². The summed E-state index contributed by atoms with van der Waals surface area (Å²) in [6.45, 7) is 6.06. The van der Waals surface area contributed by atoms with Gasteiger partial charge in [-0.15, -0.1) is 5.10 Å². The summed E-state index contributed by atoms with van der Waals surface area (Å²) >= 11 is 0. The monoisotopic (exact) mass is 192 g/mol. The molecule has 0 aliphatic heterocycles. The summed E-state index contributed by atoms with van der Waals surface area (Å²) in [6.07, 6.45) is 3.43. The van der Waals surface area contributed by atoms with E-state index < -0.39 is 0 Å². The van der Waals surface area contributed by atoms with E-state index in [1.807, 2.05) is 20.8 Å². The molecule has 5 heteroatoms. The first-order valence-corrected chi connectivity index (χ1v) is 4.41. The van der Waals surface area contributed by atoms with Gasteiger partial charge in [0.05, 0.1) is 0 Å². The van der Waals surface area contributed by atoms with Crippen LogP contribution in [0.1, 0.15) is 26.7 Å². The fourth-order valence-corrected chi connectivity index (χ4v) is 0.993. The summed E-state index contributed by atoms with van der Waals surface area (Å²) < 4.78 is 7.01. The maximum atomic E-state index is 5.47. The summed E-state index contributed by atoms with van der Waals surface area (Å²) in [5.74, 6) is 0.614. The normalized spacial score (nSPS) is 11.9. The van der Waals surface area contributed by atoms with Crippen LogP contribution in [-0.2, 0) is 5.41 Å². The Hall–Kier alpha value is -1.65. The molecular weight excluding hydrogens is 180 g/mol. The molecule has 2 heterocycles. The molecule has 2 aromatic rings. The van der Waals surface area contributed by atoms with Crippen molar-refractivity contribution in [3.63, 3.8) is 0 Å². The lowest BCUT2D eigenvalue weighted by molar-refractivity contribution is 0.381. The molecule has 5 nitrogen and oxygen atoms in total. The van der Waals surface area contributed by atoms with E-state index in [-0.39, 0.29) is 5.41 Å². The highest BCUT2D eigenvalue weighted by atomic mass is 16.4. The van der Waals surface area contributed by atoms with Crippen molar-refractivity contribution >= 4 is 0 Å². The van der Waals surface area contributed by atoms with Crippen LogP contribution >= 0.6 is 0 Å². The second-order valence-corrected chi connectivity index (χ2v) is 4.09. The second kappa shape index (κ2) is 2.94. The lowest BCUT2D eigenvalue weighted by Crippen LogP contribution is -2.11. The molecule has 0 fully saturated rings. The third-order valence-corrected chi connectivity index (χ3v) is 1.76. The van der Waals surface area contributed by atoms with Crippen molar-refractivity contribution < 1.29 is 4.42 Å². The van der Waals surface area contributed by atoms with E-state index in [1.165, 1.54) is 0 Å². The molecule has 0 N–H and O–H groups in total. The zero-order chi connectivity index (χ0) is 10.2. The van der Waals surface area contributed by atoms with Gasteiger partial charge in [-0.25, -0.2) is 0 Å². The standard InChI is InChI=1S/C9H12N4O/c1-9(2,3)7-11-12-8(14-7)13-6-4-5-10-13/h4-6H,1-3H3. The van der Waals surface area contributed by atoms with Crippen molar-refractivity contribution in [2.24, 2.45) is 0 Å². The zero-order valence-electron chi connectivity index (χ0n) is 8.43. The maximum Gasteiger partial charge on any atom is 0.343 e. The third kappa shape index (κ3) is 1.53. The van der Waals surface area contributed by atoms with Crippen LogP contribution in [0, 0.1) is 0 Å². The minimum atomic E-state index is -0.127. The van der Waals surface area contributed by atoms with E-state index in [4.69, 9.17) is 4.42 Å². The molecule has 0 aromatic carbocycles. The minimum Gasteiger partial charge on any atom is -0.406 e. The van der Waals surface area contributed by atoms with Gasteiger partial charge in [0.2, 0.25) is 5.89 Å². The number of hydrogen-bond acceptors (Lipinski definition) is 4. The van der Waals surface area contributed by atoms with Crippen LogP contribution in [0.4, 0.5) is 0 Å². The molecule has 2 rings (SSSR count). The van der Waals surface area contributed by atoms with Gasteiger partial charge in [-0.3, -0.25) is 0 Å². The Morgan fingerprint density at radius 2 is 2.07 bits per heavy atom. The molecule has 0 bridgehead atoms. The fraction of sp³-hybridized carbons (Fsp3) is 0.444. The molecule has 0 amide bonds. The molecule has 0 saturated heterocycles. The summed E-state index contributed by atoms with van der Waals surface area (Å²) in [7, 11) is 0. The van der Waals surface area contributed by atoms with Crippen LogP contribution in [0.15, 0.2) is 22.9 Å².